The van der Waals surface area contributed by atoms with Crippen molar-refractivity contribution in [2.45, 2.75) is 18.0 Å². The van der Waals surface area contributed by atoms with Crippen LogP contribution in [-0.2, 0) is 9.53 Å². The highest BCUT2D eigenvalue weighted by atomic mass is 79.9. The lowest BCUT2D eigenvalue weighted by atomic mass is 9.68. The summed E-state index contributed by atoms with van der Waals surface area (Å²) >= 11 is 3.48. The maximum Gasteiger partial charge on any atom is 0.329 e. The van der Waals surface area contributed by atoms with Gasteiger partial charge in [0.1, 0.15) is 17.5 Å². The number of methoxy groups -OCH3 is 3. The molecule has 0 aromatic heterocycles. The summed E-state index contributed by atoms with van der Waals surface area (Å²) in [6.07, 6.45) is 3.73. The Hall–Kier alpha value is -4.09. The number of esters is 1. The van der Waals surface area contributed by atoms with Gasteiger partial charge in [-0.1, -0.05) is 42.5 Å². The summed E-state index contributed by atoms with van der Waals surface area (Å²) in [7, 11) is 4.39. The van der Waals surface area contributed by atoms with Crippen LogP contribution in [0.1, 0.15) is 27.4 Å². The molecule has 0 saturated carbocycles. The highest BCUT2D eigenvalue weighted by molar-refractivity contribution is 9.10. The Balaban J connectivity index is 1.79. The molecule has 0 radical (unpaired) electrons. The maximum atomic E-state index is 14.5. The average Bonchev–Trinajstić information content (AvgIpc) is 3.28. The minimum atomic E-state index is -1.70. The molecule has 3 aromatic rings. The molecule has 192 valence electrons. The minimum absolute atomic E-state index is 0.231. The standard InChI is InChI=1S/C30H25BrN2O5/c1-36-21-12-8-19(9-13-21)26-27(28(34)20-10-14-24(37-2)22(31)16-20)33-23-7-5-4-6-18(23)11-15-25(33)30(26,17-32)29(35)38-3/h4-16,25-27H,1-3H3. The normalized spacial score (nSPS) is 23.1. The highest BCUT2D eigenvalue weighted by Crippen LogP contribution is 2.56. The number of anilines is 1. The fraction of sp³-hybridized carbons (Fsp3) is 0.233. The molecule has 1 saturated heterocycles. The van der Waals surface area contributed by atoms with E-state index in [0.717, 1.165) is 11.3 Å². The first-order valence-electron chi connectivity index (χ1n) is 12.0. The van der Waals surface area contributed by atoms with Crippen LogP contribution in [0, 0.1) is 16.7 Å². The van der Waals surface area contributed by atoms with Crippen molar-refractivity contribution >= 4 is 39.4 Å². The first kappa shape index (κ1) is 25.6. The number of hydrogen-bond acceptors (Lipinski definition) is 7. The summed E-state index contributed by atoms with van der Waals surface area (Å²) in [5, 5.41) is 10.7. The number of carbonyl (C=O) groups is 2. The fourth-order valence-corrected chi connectivity index (χ4v) is 6.25. The van der Waals surface area contributed by atoms with Gasteiger partial charge in [-0.2, -0.15) is 5.26 Å². The van der Waals surface area contributed by atoms with Gasteiger partial charge in [0.05, 0.1) is 37.9 Å². The molecule has 0 bridgehead atoms. The summed E-state index contributed by atoms with van der Waals surface area (Å²) in [6.45, 7) is 0. The second kappa shape index (κ2) is 9.99. The second-order valence-electron chi connectivity index (χ2n) is 9.15. The Morgan fingerprint density at radius 3 is 2.37 bits per heavy atom. The third-order valence-electron chi connectivity index (χ3n) is 7.43. The van der Waals surface area contributed by atoms with Crippen molar-refractivity contribution in [1.29, 1.82) is 5.26 Å². The Kier molecular flexibility index (Phi) is 6.72. The van der Waals surface area contributed by atoms with Crippen LogP contribution in [0.2, 0.25) is 0 Å². The van der Waals surface area contributed by atoms with Gasteiger partial charge in [-0.3, -0.25) is 9.59 Å². The number of nitriles is 1. The van der Waals surface area contributed by atoms with Gasteiger partial charge in [0, 0.05) is 17.2 Å². The van der Waals surface area contributed by atoms with Crippen LogP contribution >= 0.6 is 15.9 Å². The average molecular weight is 573 g/mol. The molecule has 7 nitrogen and oxygen atoms in total. The van der Waals surface area contributed by atoms with Gasteiger partial charge in [-0.15, -0.1) is 0 Å². The molecule has 8 heteroatoms. The Morgan fingerprint density at radius 1 is 1.00 bits per heavy atom. The molecule has 1 fully saturated rings. The van der Waals surface area contributed by atoms with Gasteiger partial charge in [0.2, 0.25) is 0 Å². The number of para-hydroxylation sites is 1. The molecule has 0 amide bonds. The molecule has 0 spiro atoms. The number of carbonyl (C=O) groups excluding carboxylic acids is 2. The number of benzene rings is 3. The number of ketones is 1. The van der Waals surface area contributed by atoms with E-state index in [-0.39, 0.29) is 5.78 Å². The minimum Gasteiger partial charge on any atom is -0.497 e. The lowest BCUT2D eigenvalue weighted by Crippen LogP contribution is -2.46. The lowest BCUT2D eigenvalue weighted by Gasteiger charge is -2.36. The zero-order valence-corrected chi connectivity index (χ0v) is 22.6. The van der Waals surface area contributed by atoms with E-state index in [0.29, 0.717) is 27.1 Å². The molecule has 4 unspecified atom stereocenters. The van der Waals surface area contributed by atoms with E-state index in [1.165, 1.54) is 7.11 Å². The van der Waals surface area contributed by atoms with E-state index in [2.05, 4.69) is 22.0 Å². The molecule has 0 aliphatic carbocycles. The summed E-state index contributed by atoms with van der Waals surface area (Å²) in [5.74, 6) is -0.557. The molecule has 2 heterocycles. The van der Waals surface area contributed by atoms with Gasteiger partial charge in [-0.25, -0.2) is 0 Å². The number of nitrogens with zero attached hydrogens (tertiary/aromatic N) is 2. The van der Waals surface area contributed by atoms with E-state index in [1.807, 2.05) is 41.3 Å². The predicted molar refractivity (Wildman–Crippen MR) is 146 cm³/mol. The van der Waals surface area contributed by atoms with Crippen LogP contribution in [0.15, 0.2) is 77.3 Å². The van der Waals surface area contributed by atoms with E-state index >= 15 is 0 Å². The fourth-order valence-electron chi connectivity index (χ4n) is 5.71. The van der Waals surface area contributed by atoms with Gasteiger partial charge in [-0.05, 0) is 63.5 Å². The molecule has 0 N–H and O–H groups in total. The SMILES string of the molecule is COC(=O)C1(C#N)C(c2ccc(OC)cc2)C(C(=O)c2ccc(OC)c(Br)c2)N2c3ccccc3C=CC21. The third kappa shape index (κ3) is 3.77. The van der Waals surface area contributed by atoms with E-state index in [1.54, 1.807) is 56.7 Å². The van der Waals surface area contributed by atoms with Gasteiger partial charge in [0.15, 0.2) is 11.2 Å². The Morgan fingerprint density at radius 2 is 1.74 bits per heavy atom. The van der Waals surface area contributed by atoms with Crippen molar-refractivity contribution in [3.05, 3.63) is 94.0 Å². The van der Waals surface area contributed by atoms with Crippen LogP contribution in [0.3, 0.4) is 0 Å². The van der Waals surface area contributed by atoms with E-state index in [4.69, 9.17) is 14.2 Å². The molecule has 3 aromatic carbocycles. The molecular formula is C30H25BrN2O5. The van der Waals surface area contributed by atoms with E-state index < -0.39 is 29.4 Å². The monoisotopic (exact) mass is 572 g/mol. The summed E-state index contributed by atoms with van der Waals surface area (Å²) in [4.78, 5) is 30.0. The Bertz CT molecular complexity index is 1480. The zero-order chi connectivity index (χ0) is 27.0. The topological polar surface area (TPSA) is 88.9 Å². The van der Waals surface area contributed by atoms with Crippen LogP contribution in [-0.4, -0.2) is 45.2 Å². The highest BCUT2D eigenvalue weighted by Gasteiger charge is 2.67. The van der Waals surface area contributed by atoms with Crippen molar-refractivity contribution in [3.8, 4) is 17.6 Å². The first-order chi connectivity index (χ1) is 18.4. The number of ether oxygens (including phenoxy) is 3. The summed E-state index contributed by atoms with van der Waals surface area (Å²) < 4.78 is 16.6. The lowest BCUT2D eigenvalue weighted by molar-refractivity contribution is -0.150. The number of hydrogen-bond donors (Lipinski definition) is 0. The van der Waals surface area contributed by atoms with Crippen molar-refractivity contribution in [3.63, 3.8) is 0 Å². The smallest absolute Gasteiger partial charge is 0.329 e. The van der Waals surface area contributed by atoms with Crippen LogP contribution < -0.4 is 14.4 Å². The van der Waals surface area contributed by atoms with Crippen molar-refractivity contribution in [1.82, 2.24) is 0 Å². The Labute approximate surface area is 229 Å². The second-order valence-corrected chi connectivity index (χ2v) is 10.0. The van der Waals surface area contributed by atoms with Crippen LogP contribution in [0.5, 0.6) is 11.5 Å². The number of rotatable bonds is 6. The van der Waals surface area contributed by atoms with E-state index in [9.17, 15) is 14.9 Å². The zero-order valence-electron chi connectivity index (χ0n) is 21.1. The molecule has 4 atom stereocenters. The van der Waals surface area contributed by atoms with Gasteiger partial charge >= 0.3 is 5.97 Å². The van der Waals surface area contributed by atoms with Gasteiger partial charge in [0.25, 0.3) is 0 Å². The summed E-state index contributed by atoms with van der Waals surface area (Å²) in [5.41, 5.74) is 1.04. The first-order valence-corrected chi connectivity index (χ1v) is 12.8. The number of Topliss-reactive ketones (excluding diaryl/α,β-unsaturated/α-hetero) is 1. The molecule has 5 rings (SSSR count). The molecule has 2 aliphatic heterocycles. The molecule has 2 aliphatic rings. The van der Waals surface area contributed by atoms with Crippen molar-refractivity contribution < 1.29 is 23.8 Å². The van der Waals surface area contributed by atoms with Gasteiger partial charge < -0.3 is 19.1 Å². The largest absolute Gasteiger partial charge is 0.497 e. The van der Waals surface area contributed by atoms with Crippen LogP contribution in [0.4, 0.5) is 5.69 Å². The number of halogens is 1. The van der Waals surface area contributed by atoms with Crippen molar-refractivity contribution in [2.75, 3.05) is 26.2 Å². The molecule has 38 heavy (non-hydrogen) atoms. The number of fused-ring (bicyclic) bond motifs is 3. The quantitative estimate of drug-likeness (QED) is 0.288. The maximum absolute atomic E-state index is 14.5. The molecular weight excluding hydrogens is 548 g/mol. The third-order valence-corrected chi connectivity index (χ3v) is 8.05. The predicted octanol–water partition coefficient (Wildman–Crippen LogP) is 5.40. The van der Waals surface area contributed by atoms with Crippen molar-refractivity contribution in [2.24, 2.45) is 5.41 Å². The van der Waals surface area contributed by atoms with Crippen LogP contribution in [0.25, 0.3) is 6.08 Å². The summed E-state index contributed by atoms with van der Waals surface area (Å²) in [6, 6.07) is 20.6.